The first-order valence-corrected chi connectivity index (χ1v) is 18.2. The van der Waals surface area contributed by atoms with E-state index >= 15 is 0 Å². The summed E-state index contributed by atoms with van der Waals surface area (Å²) in [7, 11) is -10.1. The lowest BCUT2D eigenvalue weighted by Gasteiger charge is -2.13. The SMILES string of the molecule is O=C(Nc1ccc2c(O)c(N=Nc3cccc([N+](=O)[O-])c3)c(S(=O)(=O)O)cc2c1)Nc1ccc2c(O)c(N=Nc3cccc([N+](=O)[O-])c3)c(S(=O)(=O)O)cc2c1. The summed E-state index contributed by atoms with van der Waals surface area (Å²) in [6, 6.07) is 18.6. The number of carbonyl (C=O) groups is 1. The number of aromatic hydroxyl groups is 2. The lowest BCUT2D eigenvalue weighted by molar-refractivity contribution is -0.385. The Bertz CT molecular complexity index is 2740. The highest BCUT2D eigenvalue weighted by Gasteiger charge is 2.24. The molecule has 6 rings (SSSR count). The van der Waals surface area contributed by atoms with Crippen molar-refractivity contribution in [1.29, 1.82) is 0 Å². The van der Waals surface area contributed by atoms with Gasteiger partial charge in [-0.2, -0.15) is 27.1 Å². The summed E-state index contributed by atoms with van der Waals surface area (Å²) in [6.45, 7) is 0. The molecule has 0 bridgehead atoms. The smallest absolute Gasteiger partial charge is 0.323 e. The van der Waals surface area contributed by atoms with Gasteiger partial charge < -0.3 is 20.8 Å². The number of nitro benzene ring substituents is 2. The normalized spacial score (nSPS) is 12.0. The van der Waals surface area contributed by atoms with Gasteiger partial charge in [0.2, 0.25) is 0 Å². The molecule has 0 fully saturated rings. The summed E-state index contributed by atoms with van der Waals surface area (Å²) in [6.07, 6.45) is 0. The third kappa shape index (κ3) is 8.19. The number of phenolic OH excluding ortho intramolecular Hbond substituents is 2. The van der Waals surface area contributed by atoms with Gasteiger partial charge in [-0.15, -0.1) is 10.2 Å². The van der Waals surface area contributed by atoms with Crippen LogP contribution in [0.1, 0.15) is 0 Å². The molecule has 0 spiro atoms. The van der Waals surface area contributed by atoms with E-state index in [9.17, 15) is 61.2 Å². The fourth-order valence-electron chi connectivity index (χ4n) is 5.29. The zero-order valence-electron chi connectivity index (χ0n) is 27.7. The summed E-state index contributed by atoms with van der Waals surface area (Å²) in [5, 5.41) is 64.1. The number of hydrogen-bond donors (Lipinski definition) is 6. The van der Waals surface area contributed by atoms with E-state index in [0.29, 0.717) is 0 Å². The minimum absolute atomic E-state index is 0.0135. The van der Waals surface area contributed by atoms with Gasteiger partial charge in [-0.25, -0.2) is 4.79 Å². The Balaban J connectivity index is 1.27. The third-order valence-electron chi connectivity index (χ3n) is 7.79. The first kappa shape index (κ1) is 38.3. The molecular weight excluding hydrogens is 781 g/mol. The first-order valence-electron chi connectivity index (χ1n) is 15.3. The van der Waals surface area contributed by atoms with Gasteiger partial charge >= 0.3 is 6.03 Å². The Morgan fingerprint density at radius 2 is 0.964 bits per heavy atom. The van der Waals surface area contributed by atoms with Crippen LogP contribution in [0.2, 0.25) is 0 Å². The number of azo groups is 2. The Morgan fingerprint density at radius 3 is 1.32 bits per heavy atom. The third-order valence-corrected chi connectivity index (χ3v) is 9.52. The number of amides is 2. The number of anilines is 2. The standard InChI is InChI=1S/C33H22N8O13S2/c42-31-25-9-7-19(11-17(25)13-27(55(49,50)51)29(31)38-36-21-3-1-5-23(15-21)40(45)46)34-33(44)35-20-8-10-26-18(12-20)14-28(56(52,53)54)30(32(26)43)39-37-22-4-2-6-24(16-22)41(47)48/h1-16,42-43H,(H2,34,35,44)(H,49,50,51)(H,52,53,54). The maximum absolute atomic E-state index is 13.0. The average Bonchev–Trinajstić information content (AvgIpc) is 3.13. The zero-order chi connectivity index (χ0) is 40.5. The molecular formula is C33H22N8O13S2. The summed E-state index contributed by atoms with van der Waals surface area (Å²) in [5.74, 6) is -1.45. The molecule has 0 unspecified atom stereocenters. The first-order chi connectivity index (χ1) is 26.4. The Labute approximate surface area is 313 Å². The second-order valence-electron chi connectivity index (χ2n) is 11.5. The van der Waals surface area contributed by atoms with Gasteiger partial charge in [-0.1, -0.05) is 12.1 Å². The van der Waals surface area contributed by atoms with E-state index in [1.807, 2.05) is 0 Å². The van der Waals surface area contributed by atoms with Crippen molar-refractivity contribution in [2.45, 2.75) is 9.79 Å². The minimum atomic E-state index is -5.03. The molecule has 0 saturated heterocycles. The summed E-state index contributed by atoms with van der Waals surface area (Å²) < 4.78 is 69.0. The van der Waals surface area contributed by atoms with Crippen LogP contribution in [0.5, 0.6) is 11.5 Å². The van der Waals surface area contributed by atoms with Crippen LogP contribution in [0.15, 0.2) is 127 Å². The van der Waals surface area contributed by atoms with Crippen molar-refractivity contribution in [2.75, 3.05) is 10.6 Å². The molecule has 6 N–H and O–H groups in total. The van der Waals surface area contributed by atoms with E-state index in [0.717, 1.165) is 24.3 Å². The number of hydrogen-bond acceptors (Lipinski definition) is 15. The molecule has 0 aromatic heterocycles. The van der Waals surface area contributed by atoms with Crippen molar-refractivity contribution < 1.29 is 50.8 Å². The van der Waals surface area contributed by atoms with Gasteiger partial charge in [0.1, 0.15) is 21.2 Å². The maximum Gasteiger partial charge on any atom is 0.323 e. The molecule has 0 heterocycles. The van der Waals surface area contributed by atoms with E-state index in [-0.39, 0.29) is 55.7 Å². The van der Waals surface area contributed by atoms with Crippen molar-refractivity contribution >= 4 is 93.3 Å². The Morgan fingerprint density at radius 1 is 0.571 bits per heavy atom. The minimum Gasteiger partial charge on any atom is -0.505 e. The van der Waals surface area contributed by atoms with Gasteiger partial charge in [-0.05, 0) is 71.4 Å². The molecule has 0 atom stereocenters. The number of carbonyl (C=O) groups excluding carboxylic acids is 1. The van der Waals surface area contributed by atoms with Crippen LogP contribution in [0.4, 0.5) is 50.3 Å². The fraction of sp³-hybridized carbons (Fsp3) is 0. The van der Waals surface area contributed by atoms with E-state index < -0.39 is 68.8 Å². The van der Waals surface area contributed by atoms with Crippen LogP contribution in [0, 0.1) is 20.2 Å². The molecule has 2 amide bonds. The molecule has 0 aliphatic rings. The Kier molecular flexibility index (Phi) is 10.1. The molecule has 0 radical (unpaired) electrons. The zero-order valence-corrected chi connectivity index (χ0v) is 29.3. The predicted octanol–water partition coefficient (Wildman–Crippen LogP) is 8.19. The highest BCUT2D eigenvalue weighted by Crippen LogP contribution is 2.44. The number of non-ortho nitro benzene ring substituents is 2. The lowest BCUT2D eigenvalue weighted by Crippen LogP contribution is -2.19. The van der Waals surface area contributed by atoms with Gasteiger partial charge in [0.05, 0.1) is 21.2 Å². The number of rotatable bonds is 10. The maximum atomic E-state index is 13.0. The predicted molar refractivity (Wildman–Crippen MR) is 198 cm³/mol. The highest BCUT2D eigenvalue weighted by atomic mass is 32.2. The molecule has 23 heteroatoms. The van der Waals surface area contributed by atoms with E-state index in [1.54, 1.807) is 0 Å². The van der Waals surface area contributed by atoms with Crippen molar-refractivity contribution in [2.24, 2.45) is 20.5 Å². The number of nitrogens with one attached hydrogen (secondary N) is 2. The van der Waals surface area contributed by atoms with Crippen molar-refractivity contribution in [3.05, 3.63) is 117 Å². The second kappa shape index (κ2) is 14.7. The highest BCUT2D eigenvalue weighted by molar-refractivity contribution is 7.86. The average molecular weight is 803 g/mol. The molecule has 0 aliphatic carbocycles. The second-order valence-corrected chi connectivity index (χ2v) is 14.3. The number of urea groups is 1. The number of fused-ring (bicyclic) bond motifs is 2. The largest absolute Gasteiger partial charge is 0.505 e. The van der Waals surface area contributed by atoms with Crippen LogP contribution in [0.3, 0.4) is 0 Å². The van der Waals surface area contributed by atoms with Crippen LogP contribution in [-0.4, -0.2) is 52.0 Å². The fourth-order valence-corrected chi connectivity index (χ4v) is 6.61. The molecule has 0 saturated carbocycles. The van der Waals surface area contributed by atoms with Gasteiger partial charge in [0, 0.05) is 46.4 Å². The summed E-state index contributed by atoms with van der Waals surface area (Å²) >= 11 is 0. The van der Waals surface area contributed by atoms with Crippen LogP contribution in [0.25, 0.3) is 21.5 Å². The van der Waals surface area contributed by atoms with Crippen LogP contribution in [-0.2, 0) is 20.2 Å². The van der Waals surface area contributed by atoms with E-state index in [4.69, 9.17) is 0 Å². The quantitative estimate of drug-likeness (QED) is 0.0329. The molecule has 6 aromatic rings. The van der Waals surface area contributed by atoms with Crippen molar-refractivity contribution in [3.8, 4) is 11.5 Å². The monoisotopic (exact) mass is 802 g/mol. The number of phenols is 2. The van der Waals surface area contributed by atoms with E-state index in [1.165, 1.54) is 72.8 Å². The summed E-state index contributed by atoms with van der Waals surface area (Å²) in [5.41, 5.74) is -1.97. The van der Waals surface area contributed by atoms with Gasteiger partial charge in [0.25, 0.3) is 31.6 Å². The lowest BCUT2D eigenvalue weighted by atomic mass is 10.1. The number of nitrogens with zero attached hydrogens (tertiary/aromatic N) is 6. The van der Waals surface area contributed by atoms with Crippen LogP contribution < -0.4 is 10.6 Å². The molecule has 284 valence electrons. The number of benzene rings is 6. The molecule has 56 heavy (non-hydrogen) atoms. The topological polar surface area (TPSA) is 326 Å². The van der Waals surface area contributed by atoms with Crippen molar-refractivity contribution in [1.82, 2.24) is 0 Å². The van der Waals surface area contributed by atoms with Gasteiger partial charge in [-0.3, -0.25) is 29.3 Å². The molecule has 21 nitrogen and oxygen atoms in total. The van der Waals surface area contributed by atoms with Gasteiger partial charge in [0.15, 0.2) is 11.5 Å². The summed E-state index contributed by atoms with van der Waals surface area (Å²) in [4.78, 5) is 32.1. The van der Waals surface area contributed by atoms with E-state index in [2.05, 4.69) is 31.1 Å². The van der Waals surface area contributed by atoms with Crippen LogP contribution >= 0.6 is 0 Å². The Hall–Kier alpha value is -7.47. The van der Waals surface area contributed by atoms with Crippen molar-refractivity contribution in [3.63, 3.8) is 0 Å². The number of nitro groups is 2. The molecule has 6 aromatic carbocycles. The molecule has 0 aliphatic heterocycles.